The number of phenols is 1. The molecule has 2 rings (SSSR count). The van der Waals surface area contributed by atoms with Crippen molar-refractivity contribution in [2.45, 2.75) is 19.8 Å². The predicted octanol–water partition coefficient (Wildman–Crippen LogP) is 3.34. The first-order valence-electron chi connectivity index (χ1n) is 7.54. The molecule has 0 aromatic heterocycles. The van der Waals surface area contributed by atoms with Crippen LogP contribution in [0.1, 0.15) is 35.7 Å². The Balaban J connectivity index is 1.86. The molecule has 0 bridgehead atoms. The zero-order chi connectivity index (χ0) is 16.5. The molecule has 0 aliphatic rings. The third-order valence-electron chi connectivity index (χ3n) is 3.13. The normalized spacial score (nSPS) is 10.7. The average Bonchev–Trinajstić information content (AvgIpc) is 2.56. The molecule has 1 amide bonds. The summed E-state index contributed by atoms with van der Waals surface area (Å²) in [4.78, 5) is 11.8. The number of hydrogen-bond donors (Lipinski definition) is 2. The van der Waals surface area contributed by atoms with Gasteiger partial charge in [0, 0.05) is 5.56 Å². The van der Waals surface area contributed by atoms with E-state index < -0.39 is 0 Å². The first-order chi connectivity index (χ1) is 11.2. The minimum Gasteiger partial charge on any atom is -0.508 e. The van der Waals surface area contributed by atoms with Crippen LogP contribution in [0.4, 0.5) is 0 Å². The van der Waals surface area contributed by atoms with Crippen molar-refractivity contribution >= 4 is 12.1 Å². The van der Waals surface area contributed by atoms with E-state index in [-0.39, 0.29) is 11.7 Å². The van der Waals surface area contributed by atoms with Gasteiger partial charge in [0.05, 0.1) is 12.8 Å². The molecule has 0 aliphatic carbocycles. The molecule has 23 heavy (non-hydrogen) atoms. The molecule has 120 valence electrons. The second kappa shape index (κ2) is 8.58. The molecule has 0 unspecified atom stereocenters. The van der Waals surface area contributed by atoms with Gasteiger partial charge in [0.1, 0.15) is 11.5 Å². The molecule has 0 atom stereocenters. The predicted molar refractivity (Wildman–Crippen MR) is 90.0 cm³/mol. The number of aromatic hydroxyl groups is 1. The number of carbonyl (C=O) groups is 1. The highest BCUT2D eigenvalue weighted by Crippen LogP contribution is 2.12. The van der Waals surface area contributed by atoms with Gasteiger partial charge in [0.25, 0.3) is 5.91 Å². The van der Waals surface area contributed by atoms with Crippen molar-refractivity contribution in [1.82, 2.24) is 5.43 Å². The Hall–Kier alpha value is -2.82. The van der Waals surface area contributed by atoms with E-state index >= 15 is 0 Å². The number of carbonyl (C=O) groups excluding carboxylic acids is 1. The minimum atomic E-state index is -0.378. The van der Waals surface area contributed by atoms with E-state index in [0.717, 1.165) is 24.2 Å². The van der Waals surface area contributed by atoms with Gasteiger partial charge >= 0.3 is 0 Å². The summed E-state index contributed by atoms with van der Waals surface area (Å²) in [5.74, 6) is 0.483. The fraction of sp³-hybridized carbons (Fsp3) is 0.222. The van der Waals surface area contributed by atoms with Crippen LogP contribution in [-0.2, 0) is 0 Å². The van der Waals surface area contributed by atoms with E-state index in [1.54, 1.807) is 18.3 Å². The second-order valence-electron chi connectivity index (χ2n) is 5.02. The fourth-order valence-electron chi connectivity index (χ4n) is 1.86. The van der Waals surface area contributed by atoms with Gasteiger partial charge < -0.3 is 9.84 Å². The number of phenolic OH excluding ortho intramolecular Hbond substituents is 1. The van der Waals surface area contributed by atoms with Crippen LogP contribution < -0.4 is 10.2 Å². The first-order valence-corrected chi connectivity index (χ1v) is 7.54. The highest BCUT2D eigenvalue weighted by molar-refractivity contribution is 5.95. The van der Waals surface area contributed by atoms with Crippen LogP contribution in [0.3, 0.4) is 0 Å². The Bertz CT molecular complexity index is 666. The van der Waals surface area contributed by atoms with Crippen molar-refractivity contribution in [2.75, 3.05) is 6.61 Å². The average molecular weight is 312 g/mol. The van der Waals surface area contributed by atoms with Crippen molar-refractivity contribution < 1.29 is 14.6 Å². The van der Waals surface area contributed by atoms with Crippen LogP contribution in [-0.4, -0.2) is 23.8 Å². The molecule has 0 aliphatic heterocycles. The number of amides is 1. The monoisotopic (exact) mass is 312 g/mol. The molecule has 0 heterocycles. The molecule has 5 heteroatoms. The van der Waals surface area contributed by atoms with E-state index in [4.69, 9.17) is 4.74 Å². The fourth-order valence-corrected chi connectivity index (χ4v) is 1.86. The standard InChI is InChI=1S/C18H20N2O3/c1-2-3-11-23-17-9-7-14(8-10-17)13-19-20-18(22)15-5-4-6-16(21)12-15/h4-10,12-13,21H,2-3,11H2,1H3,(H,20,22)/b19-13+. The Morgan fingerprint density at radius 3 is 2.74 bits per heavy atom. The molecule has 2 N–H and O–H groups in total. The van der Waals surface area contributed by atoms with Gasteiger partial charge in [-0.15, -0.1) is 0 Å². The van der Waals surface area contributed by atoms with Crippen LogP contribution >= 0.6 is 0 Å². The minimum absolute atomic E-state index is 0.0419. The zero-order valence-electron chi connectivity index (χ0n) is 13.0. The quantitative estimate of drug-likeness (QED) is 0.468. The number of rotatable bonds is 7. The molecule has 5 nitrogen and oxygen atoms in total. The zero-order valence-corrected chi connectivity index (χ0v) is 13.0. The van der Waals surface area contributed by atoms with E-state index in [9.17, 15) is 9.90 Å². The Kier molecular flexibility index (Phi) is 6.17. The Morgan fingerprint density at radius 2 is 2.04 bits per heavy atom. The van der Waals surface area contributed by atoms with Crippen LogP contribution in [0.5, 0.6) is 11.5 Å². The van der Waals surface area contributed by atoms with Crippen molar-refractivity contribution in [3.05, 3.63) is 59.7 Å². The number of hydrazone groups is 1. The number of hydrogen-bond acceptors (Lipinski definition) is 4. The van der Waals surface area contributed by atoms with Crippen LogP contribution in [0, 0.1) is 0 Å². The summed E-state index contributed by atoms with van der Waals surface area (Å²) >= 11 is 0. The molecule has 2 aromatic rings. The second-order valence-corrected chi connectivity index (χ2v) is 5.02. The maximum absolute atomic E-state index is 11.8. The molecule has 0 fully saturated rings. The number of nitrogens with one attached hydrogen (secondary N) is 1. The lowest BCUT2D eigenvalue weighted by molar-refractivity contribution is 0.0954. The maximum atomic E-state index is 11.8. The lowest BCUT2D eigenvalue weighted by atomic mass is 10.2. The van der Waals surface area contributed by atoms with Crippen molar-refractivity contribution in [2.24, 2.45) is 5.10 Å². The van der Waals surface area contributed by atoms with Gasteiger partial charge in [-0.1, -0.05) is 19.4 Å². The maximum Gasteiger partial charge on any atom is 0.271 e. The first kappa shape index (κ1) is 16.5. The molecule has 2 aromatic carbocycles. The Labute approximate surface area is 135 Å². The van der Waals surface area contributed by atoms with Crippen molar-refractivity contribution in [3.63, 3.8) is 0 Å². The van der Waals surface area contributed by atoms with Gasteiger partial charge in [-0.2, -0.15) is 5.10 Å². The molecular weight excluding hydrogens is 292 g/mol. The molecule has 0 radical (unpaired) electrons. The topological polar surface area (TPSA) is 70.9 Å². The highest BCUT2D eigenvalue weighted by Gasteiger charge is 2.04. The van der Waals surface area contributed by atoms with Gasteiger partial charge in [-0.05, 0) is 54.4 Å². The molecule has 0 saturated carbocycles. The smallest absolute Gasteiger partial charge is 0.271 e. The van der Waals surface area contributed by atoms with Gasteiger partial charge in [-0.25, -0.2) is 5.43 Å². The number of ether oxygens (including phenoxy) is 1. The summed E-state index contributed by atoms with van der Waals surface area (Å²) in [5, 5.41) is 13.2. The SMILES string of the molecule is CCCCOc1ccc(/C=N/NC(=O)c2cccc(O)c2)cc1. The summed E-state index contributed by atoms with van der Waals surface area (Å²) in [6.45, 7) is 2.83. The third-order valence-corrected chi connectivity index (χ3v) is 3.13. The van der Waals surface area contributed by atoms with Gasteiger partial charge in [-0.3, -0.25) is 4.79 Å². The summed E-state index contributed by atoms with van der Waals surface area (Å²) in [6, 6.07) is 13.6. The third kappa shape index (κ3) is 5.47. The van der Waals surface area contributed by atoms with E-state index in [1.165, 1.54) is 12.1 Å². The van der Waals surface area contributed by atoms with Crippen LogP contribution in [0.25, 0.3) is 0 Å². The highest BCUT2D eigenvalue weighted by atomic mass is 16.5. The summed E-state index contributed by atoms with van der Waals surface area (Å²) < 4.78 is 5.58. The van der Waals surface area contributed by atoms with Gasteiger partial charge in [0.15, 0.2) is 0 Å². The summed E-state index contributed by atoms with van der Waals surface area (Å²) in [6.07, 6.45) is 3.68. The van der Waals surface area contributed by atoms with E-state index in [1.807, 2.05) is 24.3 Å². The van der Waals surface area contributed by atoms with E-state index in [2.05, 4.69) is 17.5 Å². The lowest BCUT2D eigenvalue weighted by Crippen LogP contribution is -2.17. The van der Waals surface area contributed by atoms with Crippen molar-refractivity contribution in [1.29, 1.82) is 0 Å². The van der Waals surface area contributed by atoms with E-state index in [0.29, 0.717) is 12.2 Å². The Morgan fingerprint density at radius 1 is 1.26 bits per heavy atom. The molecule has 0 saturated heterocycles. The number of nitrogens with zero attached hydrogens (tertiary/aromatic N) is 1. The summed E-state index contributed by atoms with van der Waals surface area (Å²) in [5.41, 5.74) is 3.62. The molecular formula is C18H20N2O3. The largest absolute Gasteiger partial charge is 0.508 e. The van der Waals surface area contributed by atoms with Crippen LogP contribution in [0.15, 0.2) is 53.6 Å². The summed E-state index contributed by atoms with van der Waals surface area (Å²) in [7, 11) is 0. The molecule has 0 spiro atoms. The number of benzene rings is 2. The number of unbranched alkanes of at least 4 members (excludes halogenated alkanes) is 1. The van der Waals surface area contributed by atoms with Crippen molar-refractivity contribution in [3.8, 4) is 11.5 Å². The lowest BCUT2D eigenvalue weighted by Gasteiger charge is -2.05. The van der Waals surface area contributed by atoms with Crippen LogP contribution in [0.2, 0.25) is 0 Å². The van der Waals surface area contributed by atoms with Gasteiger partial charge in [0.2, 0.25) is 0 Å².